The second-order valence-electron chi connectivity index (χ2n) is 4.46. The van der Waals surface area contributed by atoms with Crippen molar-refractivity contribution in [1.82, 2.24) is 0 Å². The minimum Gasteiger partial charge on any atom is -0.489 e. The van der Waals surface area contributed by atoms with Crippen LogP contribution < -0.4 is 4.74 Å². The van der Waals surface area contributed by atoms with E-state index in [4.69, 9.17) is 15.1 Å². The molecular formula is C17H12FNO3. The fraction of sp³-hybridized carbons (Fsp3) is 0.0588. The molecule has 0 heterocycles. The Kier molecular flexibility index (Phi) is 4.89. The van der Waals surface area contributed by atoms with Crippen LogP contribution in [0.5, 0.6) is 5.75 Å². The molecule has 1 N–H and O–H groups in total. The third-order valence-electron chi connectivity index (χ3n) is 2.84. The SMILES string of the molecule is N#CC(=Cc1cccc(OCc2ccc(F)cc2)c1)C(=O)O. The Morgan fingerprint density at radius 1 is 1.27 bits per heavy atom. The van der Waals surface area contributed by atoms with E-state index < -0.39 is 5.97 Å². The molecule has 0 spiro atoms. The fourth-order valence-corrected chi connectivity index (χ4v) is 1.75. The number of carboxylic acid groups (broad SMARTS) is 1. The van der Waals surface area contributed by atoms with Crippen LogP contribution in [0.25, 0.3) is 6.08 Å². The fourth-order valence-electron chi connectivity index (χ4n) is 1.75. The summed E-state index contributed by atoms with van der Waals surface area (Å²) in [7, 11) is 0. The smallest absolute Gasteiger partial charge is 0.346 e. The molecule has 0 aliphatic rings. The first-order chi connectivity index (χ1) is 10.6. The quantitative estimate of drug-likeness (QED) is 0.678. The maximum absolute atomic E-state index is 12.8. The zero-order valence-corrected chi connectivity index (χ0v) is 11.5. The molecule has 4 nitrogen and oxygen atoms in total. The first kappa shape index (κ1) is 15.3. The summed E-state index contributed by atoms with van der Waals surface area (Å²) in [6.07, 6.45) is 1.27. The second kappa shape index (κ2) is 7.04. The maximum Gasteiger partial charge on any atom is 0.346 e. The van der Waals surface area contributed by atoms with E-state index in [1.54, 1.807) is 42.5 Å². The monoisotopic (exact) mass is 297 g/mol. The number of ether oxygens (including phenoxy) is 1. The number of carbonyl (C=O) groups is 1. The van der Waals surface area contributed by atoms with Gasteiger partial charge in [0.1, 0.15) is 29.8 Å². The second-order valence-corrected chi connectivity index (χ2v) is 4.46. The Labute approximate surface area is 126 Å². The van der Waals surface area contributed by atoms with Gasteiger partial charge in [0.25, 0.3) is 0 Å². The molecule has 2 aromatic rings. The molecule has 0 atom stereocenters. The van der Waals surface area contributed by atoms with Crippen LogP contribution in [0.2, 0.25) is 0 Å². The van der Waals surface area contributed by atoms with Gasteiger partial charge in [-0.25, -0.2) is 9.18 Å². The third kappa shape index (κ3) is 4.18. The number of nitriles is 1. The van der Waals surface area contributed by atoms with Crippen LogP contribution in [0.3, 0.4) is 0 Å². The molecule has 0 fully saturated rings. The van der Waals surface area contributed by atoms with Crippen LogP contribution >= 0.6 is 0 Å². The van der Waals surface area contributed by atoms with Gasteiger partial charge in [-0.15, -0.1) is 0 Å². The van der Waals surface area contributed by atoms with E-state index >= 15 is 0 Å². The molecule has 0 aliphatic heterocycles. The zero-order valence-electron chi connectivity index (χ0n) is 11.5. The molecule has 2 aromatic carbocycles. The molecule has 0 aliphatic carbocycles. The zero-order chi connectivity index (χ0) is 15.9. The lowest BCUT2D eigenvalue weighted by molar-refractivity contribution is -0.132. The summed E-state index contributed by atoms with van der Waals surface area (Å²) in [5, 5.41) is 17.6. The number of nitrogens with zero attached hydrogens (tertiary/aromatic N) is 1. The van der Waals surface area contributed by atoms with E-state index in [1.807, 2.05) is 0 Å². The summed E-state index contributed by atoms with van der Waals surface area (Å²) in [6, 6.07) is 14.3. The van der Waals surface area contributed by atoms with Gasteiger partial charge in [0.2, 0.25) is 0 Å². The van der Waals surface area contributed by atoms with Gasteiger partial charge in [0, 0.05) is 0 Å². The van der Waals surface area contributed by atoms with Crippen molar-refractivity contribution in [3.8, 4) is 11.8 Å². The van der Waals surface area contributed by atoms with Crippen molar-refractivity contribution in [2.24, 2.45) is 0 Å². The molecule has 0 bridgehead atoms. The molecule has 22 heavy (non-hydrogen) atoms. The minimum absolute atomic E-state index is 0.261. The number of halogens is 1. The molecule has 110 valence electrons. The lowest BCUT2D eigenvalue weighted by Gasteiger charge is -2.07. The summed E-state index contributed by atoms with van der Waals surface area (Å²) >= 11 is 0. The largest absolute Gasteiger partial charge is 0.489 e. The van der Waals surface area contributed by atoms with Crippen molar-refractivity contribution < 1.29 is 19.0 Å². The van der Waals surface area contributed by atoms with Gasteiger partial charge in [-0.1, -0.05) is 24.3 Å². The third-order valence-corrected chi connectivity index (χ3v) is 2.84. The molecule has 2 rings (SSSR count). The number of hydrogen-bond donors (Lipinski definition) is 1. The number of aliphatic carboxylic acids is 1. The maximum atomic E-state index is 12.8. The Morgan fingerprint density at radius 2 is 2.00 bits per heavy atom. The van der Waals surface area contributed by atoms with Crippen molar-refractivity contribution in [3.05, 3.63) is 71.0 Å². The topological polar surface area (TPSA) is 70.3 Å². The van der Waals surface area contributed by atoms with E-state index in [9.17, 15) is 9.18 Å². The van der Waals surface area contributed by atoms with Gasteiger partial charge >= 0.3 is 5.97 Å². The minimum atomic E-state index is -1.28. The predicted octanol–water partition coefficient (Wildman–Crippen LogP) is 3.40. The van der Waals surface area contributed by atoms with E-state index in [0.717, 1.165) is 5.56 Å². The van der Waals surface area contributed by atoms with Gasteiger partial charge in [0.15, 0.2) is 0 Å². The van der Waals surface area contributed by atoms with Gasteiger partial charge in [0.05, 0.1) is 0 Å². The molecule has 0 unspecified atom stereocenters. The molecule has 0 amide bonds. The normalized spacial score (nSPS) is 10.8. The Morgan fingerprint density at radius 3 is 2.64 bits per heavy atom. The van der Waals surface area contributed by atoms with Crippen molar-refractivity contribution in [3.63, 3.8) is 0 Å². The Bertz CT molecular complexity index is 745. The summed E-state index contributed by atoms with van der Waals surface area (Å²) in [4.78, 5) is 10.8. The number of rotatable bonds is 5. The van der Waals surface area contributed by atoms with Gasteiger partial charge in [-0.3, -0.25) is 0 Å². The van der Waals surface area contributed by atoms with Gasteiger partial charge < -0.3 is 9.84 Å². The van der Waals surface area contributed by atoms with Crippen molar-refractivity contribution in [2.45, 2.75) is 6.61 Å². The van der Waals surface area contributed by atoms with Crippen LogP contribution in [0.1, 0.15) is 11.1 Å². The van der Waals surface area contributed by atoms with Crippen LogP contribution in [0.15, 0.2) is 54.1 Å². The summed E-state index contributed by atoms with van der Waals surface area (Å²) in [5.41, 5.74) is 1.01. The standard InChI is InChI=1S/C17H12FNO3/c18-15-6-4-12(5-7-15)11-22-16-3-1-2-13(9-16)8-14(10-19)17(20)21/h1-9H,11H2,(H,20,21). The van der Waals surface area contributed by atoms with E-state index in [2.05, 4.69) is 0 Å². The summed E-state index contributed by atoms with van der Waals surface area (Å²) in [6.45, 7) is 0.261. The van der Waals surface area contributed by atoms with E-state index in [1.165, 1.54) is 18.2 Å². The average molecular weight is 297 g/mol. The molecule has 0 saturated heterocycles. The van der Waals surface area contributed by atoms with Crippen LogP contribution in [-0.4, -0.2) is 11.1 Å². The first-order valence-corrected chi connectivity index (χ1v) is 6.41. The average Bonchev–Trinajstić information content (AvgIpc) is 2.52. The number of benzene rings is 2. The molecule has 0 radical (unpaired) electrons. The number of carboxylic acids is 1. The Hall–Kier alpha value is -3.13. The predicted molar refractivity (Wildman–Crippen MR) is 78.4 cm³/mol. The van der Waals surface area contributed by atoms with Crippen LogP contribution in [0, 0.1) is 17.1 Å². The van der Waals surface area contributed by atoms with Crippen molar-refractivity contribution >= 4 is 12.0 Å². The highest BCUT2D eigenvalue weighted by Gasteiger charge is 2.06. The van der Waals surface area contributed by atoms with Crippen molar-refractivity contribution in [1.29, 1.82) is 5.26 Å². The van der Waals surface area contributed by atoms with Gasteiger partial charge in [-0.2, -0.15) is 5.26 Å². The van der Waals surface area contributed by atoms with Gasteiger partial charge in [-0.05, 0) is 41.5 Å². The van der Waals surface area contributed by atoms with E-state index in [-0.39, 0.29) is 18.0 Å². The highest BCUT2D eigenvalue weighted by atomic mass is 19.1. The first-order valence-electron chi connectivity index (χ1n) is 6.41. The summed E-state index contributed by atoms with van der Waals surface area (Å²) < 4.78 is 18.4. The highest BCUT2D eigenvalue weighted by molar-refractivity contribution is 5.96. The molecule has 0 saturated carbocycles. The molecule has 5 heteroatoms. The van der Waals surface area contributed by atoms with Crippen molar-refractivity contribution in [2.75, 3.05) is 0 Å². The highest BCUT2D eigenvalue weighted by Crippen LogP contribution is 2.17. The van der Waals surface area contributed by atoms with E-state index in [0.29, 0.717) is 11.3 Å². The number of hydrogen-bond acceptors (Lipinski definition) is 3. The Balaban J connectivity index is 2.10. The lowest BCUT2D eigenvalue weighted by atomic mass is 10.1. The van der Waals surface area contributed by atoms with Crippen LogP contribution in [0.4, 0.5) is 4.39 Å². The lowest BCUT2D eigenvalue weighted by Crippen LogP contribution is -1.98. The molecule has 0 aromatic heterocycles. The summed E-state index contributed by atoms with van der Waals surface area (Å²) in [5.74, 6) is -1.06. The van der Waals surface area contributed by atoms with Crippen LogP contribution in [-0.2, 0) is 11.4 Å². The molecular weight excluding hydrogens is 285 g/mol.